The second kappa shape index (κ2) is 6.37. The van der Waals surface area contributed by atoms with Gasteiger partial charge in [-0.3, -0.25) is 9.69 Å². The summed E-state index contributed by atoms with van der Waals surface area (Å²) in [6, 6.07) is 6.43. The molecule has 1 aromatic rings. The fraction of sp³-hybridized carbons (Fsp3) is 0.611. The molecule has 0 radical (unpaired) electrons. The molecule has 1 aliphatic heterocycles. The minimum atomic E-state index is -0.300. The van der Waals surface area contributed by atoms with E-state index >= 15 is 0 Å². The highest BCUT2D eigenvalue weighted by molar-refractivity contribution is 5.83. The molecule has 2 fully saturated rings. The highest BCUT2D eigenvalue weighted by Crippen LogP contribution is 2.31. The molecule has 3 atom stereocenters. The summed E-state index contributed by atoms with van der Waals surface area (Å²) < 4.78 is 13.2. The number of nitrogens with zero attached hydrogens (tertiary/aromatic N) is 1. The average Bonchev–Trinajstić information content (AvgIpc) is 3.24. The maximum atomic E-state index is 13.2. The molecule has 1 aliphatic carbocycles. The Balaban J connectivity index is 1.84. The van der Waals surface area contributed by atoms with Crippen LogP contribution in [0.1, 0.15) is 44.7 Å². The van der Waals surface area contributed by atoms with E-state index in [0.717, 1.165) is 31.5 Å². The highest BCUT2D eigenvalue weighted by atomic mass is 19.1. The van der Waals surface area contributed by atoms with Crippen molar-refractivity contribution in [1.82, 2.24) is 10.2 Å². The molecule has 3 nitrogen and oxygen atoms in total. The lowest BCUT2D eigenvalue weighted by Gasteiger charge is -2.39. The standard InChI is InChI=1S/C18H25FN2O/c1-12-9-13(2)11-21(10-12)17(18(22)20-16-7-8-16)14-3-5-15(19)6-4-14/h3-6,12-13,16-17H,7-11H2,1-2H3,(H,20,22). The van der Waals surface area contributed by atoms with E-state index in [0.29, 0.717) is 17.9 Å². The summed E-state index contributed by atoms with van der Waals surface area (Å²) in [5.41, 5.74) is 0.890. The number of hydrogen-bond donors (Lipinski definition) is 1. The van der Waals surface area contributed by atoms with Crippen LogP contribution in [0.3, 0.4) is 0 Å². The van der Waals surface area contributed by atoms with E-state index in [2.05, 4.69) is 24.1 Å². The molecule has 1 aromatic carbocycles. The normalized spacial score (nSPS) is 27.4. The molecule has 2 aliphatic rings. The van der Waals surface area contributed by atoms with E-state index in [1.807, 2.05) is 0 Å². The molecule has 1 saturated heterocycles. The molecule has 3 unspecified atom stereocenters. The van der Waals surface area contributed by atoms with Gasteiger partial charge in [0, 0.05) is 19.1 Å². The Kier molecular flexibility index (Phi) is 4.48. The van der Waals surface area contributed by atoms with Crippen molar-refractivity contribution in [3.05, 3.63) is 35.6 Å². The van der Waals surface area contributed by atoms with Crippen LogP contribution in [0.15, 0.2) is 24.3 Å². The Bertz CT molecular complexity index is 516. The van der Waals surface area contributed by atoms with Gasteiger partial charge in [0.2, 0.25) is 5.91 Å². The van der Waals surface area contributed by atoms with Crippen LogP contribution >= 0.6 is 0 Å². The Morgan fingerprint density at radius 2 is 1.77 bits per heavy atom. The maximum Gasteiger partial charge on any atom is 0.242 e. The van der Waals surface area contributed by atoms with Crippen LogP contribution in [0, 0.1) is 17.7 Å². The predicted molar refractivity (Wildman–Crippen MR) is 84.8 cm³/mol. The molecule has 1 amide bonds. The summed E-state index contributed by atoms with van der Waals surface area (Å²) in [4.78, 5) is 15.0. The van der Waals surface area contributed by atoms with E-state index in [1.54, 1.807) is 12.1 Å². The van der Waals surface area contributed by atoms with Crippen LogP contribution < -0.4 is 5.32 Å². The minimum Gasteiger partial charge on any atom is -0.352 e. The number of amides is 1. The summed E-state index contributed by atoms with van der Waals surface area (Å²) >= 11 is 0. The SMILES string of the molecule is CC1CC(C)CN(C(C(=O)NC2CC2)c2ccc(F)cc2)C1. The second-order valence-electron chi connectivity index (χ2n) is 7.14. The number of carbonyl (C=O) groups is 1. The summed E-state index contributed by atoms with van der Waals surface area (Å²) in [5.74, 6) is 0.974. The molecule has 1 saturated carbocycles. The van der Waals surface area contributed by atoms with Gasteiger partial charge in [0.25, 0.3) is 0 Å². The maximum absolute atomic E-state index is 13.2. The van der Waals surface area contributed by atoms with Gasteiger partial charge in [-0.15, -0.1) is 0 Å². The Labute approximate surface area is 131 Å². The van der Waals surface area contributed by atoms with E-state index in [4.69, 9.17) is 0 Å². The zero-order chi connectivity index (χ0) is 15.7. The molecular weight excluding hydrogens is 279 g/mol. The van der Waals surface area contributed by atoms with Crippen LogP contribution in [0.4, 0.5) is 4.39 Å². The first-order valence-electron chi connectivity index (χ1n) is 8.33. The number of rotatable bonds is 4. The predicted octanol–water partition coefficient (Wildman–Crippen LogP) is 3.12. The van der Waals surface area contributed by atoms with E-state index in [1.165, 1.54) is 18.6 Å². The number of halogens is 1. The van der Waals surface area contributed by atoms with Crippen LogP contribution in [0.5, 0.6) is 0 Å². The second-order valence-corrected chi connectivity index (χ2v) is 7.14. The van der Waals surface area contributed by atoms with Gasteiger partial charge < -0.3 is 5.32 Å². The van der Waals surface area contributed by atoms with Gasteiger partial charge in [0.15, 0.2) is 0 Å². The van der Waals surface area contributed by atoms with Crippen molar-refractivity contribution >= 4 is 5.91 Å². The Hall–Kier alpha value is -1.42. The van der Waals surface area contributed by atoms with Crippen molar-refractivity contribution in [1.29, 1.82) is 0 Å². The molecule has 0 spiro atoms. The molecule has 4 heteroatoms. The van der Waals surface area contributed by atoms with Gasteiger partial charge in [-0.05, 0) is 48.8 Å². The summed E-state index contributed by atoms with van der Waals surface area (Å²) in [7, 11) is 0. The quantitative estimate of drug-likeness (QED) is 0.927. The highest BCUT2D eigenvalue weighted by Gasteiger charge is 2.35. The minimum absolute atomic E-state index is 0.0652. The zero-order valence-corrected chi connectivity index (χ0v) is 13.4. The lowest BCUT2D eigenvalue weighted by atomic mass is 9.89. The van der Waals surface area contributed by atoms with Gasteiger partial charge in [-0.2, -0.15) is 0 Å². The van der Waals surface area contributed by atoms with Crippen molar-refractivity contribution in [3.8, 4) is 0 Å². The third-order valence-corrected chi connectivity index (χ3v) is 4.62. The van der Waals surface area contributed by atoms with E-state index in [-0.39, 0.29) is 17.8 Å². The number of nitrogens with one attached hydrogen (secondary N) is 1. The molecule has 3 rings (SSSR count). The summed E-state index contributed by atoms with van der Waals surface area (Å²) in [6.07, 6.45) is 3.36. The molecule has 1 heterocycles. The van der Waals surface area contributed by atoms with Crippen molar-refractivity contribution in [2.45, 2.75) is 45.2 Å². The first kappa shape index (κ1) is 15.5. The van der Waals surface area contributed by atoms with Crippen LogP contribution in [0.2, 0.25) is 0 Å². The fourth-order valence-corrected chi connectivity index (χ4v) is 3.60. The number of likely N-dealkylation sites (tertiary alicyclic amines) is 1. The smallest absolute Gasteiger partial charge is 0.242 e. The average molecular weight is 304 g/mol. The molecule has 0 bridgehead atoms. The van der Waals surface area contributed by atoms with Crippen molar-refractivity contribution in [2.24, 2.45) is 11.8 Å². The molecule has 1 N–H and O–H groups in total. The van der Waals surface area contributed by atoms with Gasteiger partial charge in [0.1, 0.15) is 11.9 Å². The zero-order valence-electron chi connectivity index (χ0n) is 13.4. The number of carbonyl (C=O) groups excluding carboxylic acids is 1. The topological polar surface area (TPSA) is 32.3 Å². The summed E-state index contributed by atoms with van der Waals surface area (Å²) in [6.45, 7) is 6.32. The Morgan fingerprint density at radius 1 is 1.18 bits per heavy atom. The van der Waals surface area contributed by atoms with Crippen molar-refractivity contribution in [2.75, 3.05) is 13.1 Å². The number of benzene rings is 1. The lowest BCUT2D eigenvalue weighted by molar-refractivity contribution is -0.128. The monoisotopic (exact) mass is 304 g/mol. The number of piperidine rings is 1. The fourth-order valence-electron chi connectivity index (χ4n) is 3.60. The third-order valence-electron chi connectivity index (χ3n) is 4.62. The van der Waals surface area contributed by atoms with E-state index in [9.17, 15) is 9.18 Å². The third kappa shape index (κ3) is 3.67. The largest absolute Gasteiger partial charge is 0.352 e. The first-order chi connectivity index (χ1) is 10.5. The lowest BCUT2D eigenvalue weighted by Crippen LogP contribution is -2.47. The van der Waals surface area contributed by atoms with Gasteiger partial charge in [0.05, 0.1) is 0 Å². The molecule has 120 valence electrons. The molecular formula is C18H25FN2O. The molecule has 22 heavy (non-hydrogen) atoms. The van der Waals surface area contributed by atoms with Crippen LogP contribution in [-0.2, 0) is 4.79 Å². The first-order valence-corrected chi connectivity index (χ1v) is 8.33. The van der Waals surface area contributed by atoms with Gasteiger partial charge in [-0.25, -0.2) is 4.39 Å². The van der Waals surface area contributed by atoms with Gasteiger partial charge >= 0.3 is 0 Å². The van der Waals surface area contributed by atoms with E-state index < -0.39 is 0 Å². The number of hydrogen-bond acceptors (Lipinski definition) is 2. The van der Waals surface area contributed by atoms with Crippen LogP contribution in [-0.4, -0.2) is 29.9 Å². The van der Waals surface area contributed by atoms with Crippen molar-refractivity contribution in [3.63, 3.8) is 0 Å². The molecule has 0 aromatic heterocycles. The van der Waals surface area contributed by atoms with Crippen LogP contribution in [0.25, 0.3) is 0 Å². The Morgan fingerprint density at radius 3 is 2.32 bits per heavy atom. The summed E-state index contributed by atoms with van der Waals surface area (Å²) in [5, 5.41) is 3.12. The van der Waals surface area contributed by atoms with Gasteiger partial charge in [-0.1, -0.05) is 26.0 Å². The van der Waals surface area contributed by atoms with Crippen molar-refractivity contribution < 1.29 is 9.18 Å².